The van der Waals surface area contributed by atoms with Crippen LogP contribution in [0.15, 0.2) is 41.3 Å². The highest BCUT2D eigenvalue weighted by atomic mass is 35.5. The Labute approximate surface area is 148 Å². The molecule has 0 amide bonds. The van der Waals surface area contributed by atoms with E-state index in [2.05, 4.69) is 0 Å². The van der Waals surface area contributed by atoms with Crippen molar-refractivity contribution in [3.05, 3.63) is 46.4 Å². The molecule has 0 heterocycles. The maximum atomic E-state index is 11.5. The second kappa shape index (κ2) is 7.29. The van der Waals surface area contributed by atoms with Crippen molar-refractivity contribution in [2.24, 2.45) is 0 Å². The molecular formula is C15H12Cl2O6S. The number of carbonyl (C=O) groups is 1. The molecule has 0 bridgehead atoms. The normalized spacial score (nSPS) is 11.1. The first-order valence-electron chi connectivity index (χ1n) is 6.48. The minimum absolute atomic E-state index is 0.0493. The third-order valence-corrected chi connectivity index (χ3v) is 4.45. The smallest absolute Gasteiger partial charge is 0.341 e. The van der Waals surface area contributed by atoms with Crippen LogP contribution in [0.2, 0.25) is 10.0 Å². The largest absolute Gasteiger partial charge is 0.479 e. The van der Waals surface area contributed by atoms with Crippen LogP contribution in [0.3, 0.4) is 0 Å². The van der Waals surface area contributed by atoms with Gasteiger partial charge in [0.2, 0.25) is 0 Å². The number of hydrogen-bond acceptors (Lipinski definition) is 5. The lowest BCUT2D eigenvalue weighted by Gasteiger charge is -2.13. The summed E-state index contributed by atoms with van der Waals surface area (Å²) in [6.07, 6.45) is 1.06. The van der Waals surface area contributed by atoms with Gasteiger partial charge in [0.05, 0.1) is 9.92 Å². The fraction of sp³-hybridized carbons (Fsp3) is 0.133. The predicted octanol–water partition coefficient (Wildman–Crippen LogP) is 3.65. The lowest BCUT2D eigenvalue weighted by Crippen LogP contribution is -2.09. The summed E-state index contributed by atoms with van der Waals surface area (Å²) in [6, 6.07) is 8.40. The Morgan fingerprint density at radius 2 is 1.75 bits per heavy atom. The first-order valence-corrected chi connectivity index (χ1v) is 9.13. The van der Waals surface area contributed by atoms with Crippen LogP contribution in [-0.2, 0) is 14.6 Å². The van der Waals surface area contributed by atoms with Crippen molar-refractivity contribution in [3.63, 3.8) is 0 Å². The van der Waals surface area contributed by atoms with Crippen molar-refractivity contribution in [3.8, 4) is 17.2 Å². The molecule has 6 nitrogen and oxygen atoms in total. The van der Waals surface area contributed by atoms with Crippen LogP contribution in [0.4, 0.5) is 0 Å². The average Bonchev–Trinajstić information content (AvgIpc) is 2.47. The summed E-state index contributed by atoms with van der Waals surface area (Å²) in [6.45, 7) is -0.557. The van der Waals surface area contributed by atoms with Gasteiger partial charge < -0.3 is 14.6 Å². The first-order chi connectivity index (χ1) is 11.2. The zero-order chi connectivity index (χ0) is 17.9. The summed E-state index contributed by atoms with van der Waals surface area (Å²) in [4.78, 5) is 10.7. The average molecular weight is 391 g/mol. The highest BCUT2D eigenvalue weighted by Crippen LogP contribution is 2.37. The Bertz CT molecular complexity index is 880. The van der Waals surface area contributed by atoms with Crippen molar-refractivity contribution in [2.75, 3.05) is 12.9 Å². The molecule has 0 saturated carbocycles. The van der Waals surface area contributed by atoms with Gasteiger partial charge in [-0.25, -0.2) is 13.2 Å². The molecule has 0 fully saturated rings. The van der Waals surface area contributed by atoms with Crippen molar-refractivity contribution in [1.29, 1.82) is 0 Å². The standard InChI is InChI=1S/C15H12Cl2O6S/c1-24(20,21)10-3-5-12(11(17)7-10)23-14-6-9(16)2-4-13(14)22-8-15(18)19/h2-7H,8H2,1H3,(H,18,19). The lowest BCUT2D eigenvalue weighted by molar-refractivity contribution is -0.139. The van der Waals surface area contributed by atoms with Crippen LogP contribution in [0, 0.1) is 0 Å². The maximum Gasteiger partial charge on any atom is 0.341 e. The Morgan fingerprint density at radius 3 is 2.33 bits per heavy atom. The summed E-state index contributed by atoms with van der Waals surface area (Å²) in [5.41, 5.74) is 0. The number of hydrogen-bond donors (Lipinski definition) is 1. The number of sulfone groups is 1. The number of rotatable bonds is 6. The van der Waals surface area contributed by atoms with Crippen LogP contribution in [0.1, 0.15) is 0 Å². The Kier molecular flexibility index (Phi) is 5.58. The van der Waals surface area contributed by atoms with Gasteiger partial charge >= 0.3 is 5.97 Å². The molecule has 0 radical (unpaired) electrons. The minimum atomic E-state index is -3.40. The molecule has 2 rings (SSSR count). The van der Waals surface area contributed by atoms with Gasteiger partial charge in [-0.1, -0.05) is 23.2 Å². The van der Waals surface area contributed by atoms with E-state index in [1.54, 1.807) is 0 Å². The van der Waals surface area contributed by atoms with Gasteiger partial charge in [-0.3, -0.25) is 0 Å². The first kappa shape index (κ1) is 18.4. The molecule has 2 aromatic rings. The van der Waals surface area contributed by atoms with Gasteiger partial charge in [0, 0.05) is 17.3 Å². The number of carboxylic acid groups (broad SMARTS) is 1. The number of ether oxygens (including phenoxy) is 2. The van der Waals surface area contributed by atoms with E-state index < -0.39 is 22.4 Å². The molecule has 0 aromatic heterocycles. The molecule has 0 unspecified atom stereocenters. The summed E-state index contributed by atoms with van der Waals surface area (Å²) in [5, 5.41) is 9.11. The molecule has 0 aliphatic carbocycles. The second-order valence-electron chi connectivity index (χ2n) is 4.74. The van der Waals surface area contributed by atoms with Crippen LogP contribution < -0.4 is 9.47 Å². The highest BCUT2D eigenvalue weighted by Gasteiger charge is 2.14. The molecule has 0 aliphatic rings. The third kappa shape index (κ3) is 4.77. The monoisotopic (exact) mass is 390 g/mol. The zero-order valence-electron chi connectivity index (χ0n) is 12.3. The molecule has 2 aromatic carbocycles. The van der Waals surface area contributed by atoms with Gasteiger partial charge in [0.25, 0.3) is 0 Å². The number of benzene rings is 2. The highest BCUT2D eigenvalue weighted by molar-refractivity contribution is 7.90. The van der Waals surface area contributed by atoms with Crippen LogP contribution in [-0.4, -0.2) is 32.4 Å². The quantitative estimate of drug-likeness (QED) is 0.809. The molecule has 0 spiro atoms. The van der Waals surface area contributed by atoms with E-state index in [1.165, 1.54) is 36.4 Å². The Hall–Kier alpha value is -1.96. The van der Waals surface area contributed by atoms with E-state index in [9.17, 15) is 13.2 Å². The topological polar surface area (TPSA) is 89.9 Å². The molecule has 0 aliphatic heterocycles. The van der Waals surface area contributed by atoms with Crippen molar-refractivity contribution < 1.29 is 27.8 Å². The molecule has 128 valence electrons. The fourth-order valence-corrected chi connectivity index (χ4v) is 2.83. The molecule has 0 saturated heterocycles. The van der Waals surface area contributed by atoms with Crippen LogP contribution >= 0.6 is 23.2 Å². The van der Waals surface area contributed by atoms with E-state index in [0.717, 1.165) is 6.26 Å². The SMILES string of the molecule is CS(=O)(=O)c1ccc(Oc2cc(Cl)ccc2OCC(=O)O)c(Cl)c1. The molecule has 1 N–H and O–H groups in total. The van der Waals surface area contributed by atoms with Gasteiger partial charge in [0.15, 0.2) is 27.9 Å². The lowest BCUT2D eigenvalue weighted by atomic mass is 10.3. The van der Waals surface area contributed by atoms with Gasteiger partial charge in [-0.2, -0.15) is 0 Å². The Morgan fingerprint density at radius 1 is 1.08 bits per heavy atom. The molecule has 24 heavy (non-hydrogen) atoms. The zero-order valence-corrected chi connectivity index (χ0v) is 14.7. The van der Waals surface area contributed by atoms with Crippen LogP contribution in [0.5, 0.6) is 17.2 Å². The van der Waals surface area contributed by atoms with Gasteiger partial charge in [0.1, 0.15) is 5.75 Å². The van der Waals surface area contributed by atoms with Crippen LogP contribution in [0.25, 0.3) is 0 Å². The van der Waals surface area contributed by atoms with E-state index in [0.29, 0.717) is 5.02 Å². The van der Waals surface area contributed by atoms with Gasteiger partial charge in [-0.05, 0) is 30.3 Å². The summed E-state index contributed by atoms with van der Waals surface area (Å²) in [5.74, 6) is -0.666. The molecular weight excluding hydrogens is 379 g/mol. The van der Waals surface area contributed by atoms with E-state index in [1.807, 2.05) is 0 Å². The number of carboxylic acids is 1. The van der Waals surface area contributed by atoms with Crippen molar-refractivity contribution in [2.45, 2.75) is 4.90 Å². The Balaban J connectivity index is 2.33. The summed E-state index contributed by atoms with van der Waals surface area (Å²) >= 11 is 12.0. The number of halogens is 2. The summed E-state index contributed by atoms with van der Waals surface area (Å²) in [7, 11) is -3.40. The third-order valence-electron chi connectivity index (χ3n) is 2.81. The minimum Gasteiger partial charge on any atom is -0.479 e. The van der Waals surface area contributed by atoms with Crippen molar-refractivity contribution in [1.82, 2.24) is 0 Å². The molecule has 9 heteroatoms. The maximum absolute atomic E-state index is 11.5. The second-order valence-corrected chi connectivity index (χ2v) is 7.60. The van der Waals surface area contributed by atoms with Gasteiger partial charge in [-0.15, -0.1) is 0 Å². The van der Waals surface area contributed by atoms with Crippen molar-refractivity contribution >= 4 is 39.0 Å². The number of aliphatic carboxylic acids is 1. The van der Waals surface area contributed by atoms with E-state index >= 15 is 0 Å². The summed E-state index contributed by atoms with van der Waals surface area (Å²) < 4.78 is 33.7. The van der Waals surface area contributed by atoms with E-state index in [-0.39, 0.29) is 27.2 Å². The predicted molar refractivity (Wildman–Crippen MR) is 89.2 cm³/mol. The fourth-order valence-electron chi connectivity index (χ4n) is 1.73. The molecule has 0 atom stereocenters. The van der Waals surface area contributed by atoms with E-state index in [4.69, 9.17) is 37.8 Å².